The molecule has 1 aliphatic carbocycles. The van der Waals surface area contributed by atoms with Crippen LogP contribution in [0.25, 0.3) is 0 Å². The van der Waals surface area contributed by atoms with Crippen LogP contribution in [-0.4, -0.2) is 37.2 Å². The molecule has 0 aliphatic heterocycles. The highest BCUT2D eigenvalue weighted by molar-refractivity contribution is 7.90. The molecule has 1 aromatic rings. The summed E-state index contributed by atoms with van der Waals surface area (Å²) in [6.07, 6.45) is 3.25. The zero-order chi connectivity index (χ0) is 16.4. The Morgan fingerprint density at radius 3 is 2.36 bits per heavy atom. The Bertz CT molecular complexity index is 690. The Hall–Kier alpha value is -1.89. The van der Waals surface area contributed by atoms with Gasteiger partial charge >= 0.3 is 5.97 Å². The summed E-state index contributed by atoms with van der Waals surface area (Å²) in [5.74, 6) is -1.50. The standard InChI is InChI=1S/C15H19NO5S/c1-22(20,21)12-7-3-2-6-11(12)10-13(17)16-15(14(18)19)8-4-5-9-15/h2-3,6-7H,4-5,8-10H2,1H3,(H,16,17)(H,18,19). The fourth-order valence-electron chi connectivity index (χ4n) is 2.87. The zero-order valence-electron chi connectivity index (χ0n) is 12.3. The third kappa shape index (κ3) is 3.47. The van der Waals surface area contributed by atoms with Crippen molar-refractivity contribution >= 4 is 21.7 Å². The Morgan fingerprint density at radius 2 is 1.82 bits per heavy atom. The summed E-state index contributed by atoms with van der Waals surface area (Å²) in [7, 11) is -3.43. The molecule has 1 fully saturated rings. The van der Waals surface area contributed by atoms with Gasteiger partial charge in [-0.1, -0.05) is 31.0 Å². The average Bonchev–Trinajstić information content (AvgIpc) is 2.87. The maximum absolute atomic E-state index is 12.2. The maximum atomic E-state index is 12.2. The molecule has 7 heteroatoms. The molecular weight excluding hydrogens is 306 g/mol. The van der Waals surface area contributed by atoms with Crippen LogP contribution in [-0.2, 0) is 25.8 Å². The Balaban J connectivity index is 2.18. The molecule has 0 radical (unpaired) electrons. The summed E-state index contributed by atoms with van der Waals surface area (Å²) in [6.45, 7) is 0. The van der Waals surface area contributed by atoms with Gasteiger partial charge in [0.05, 0.1) is 11.3 Å². The molecule has 1 amide bonds. The number of rotatable bonds is 5. The van der Waals surface area contributed by atoms with Crippen molar-refractivity contribution in [2.24, 2.45) is 0 Å². The molecule has 0 saturated heterocycles. The van der Waals surface area contributed by atoms with Crippen molar-refractivity contribution in [3.8, 4) is 0 Å². The monoisotopic (exact) mass is 325 g/mol. The number of amides is 1. The lowest BCUT2D eigenvalue weighted by Crippen LogP contribution is -2.53. The number of carboxylic acids is 1. The second kappa shape index (κ2) is 6.08. The SMILES string of the molecule is CS(=O)(=O)c1ccccc1CC(=O)NC1(C(=O)O)CCCC1. The molecular formula is C15H19NO5S. The summed E-state index contributed by atoms with van der Waals surface area (Å²) < 4.78 is 23.5. The largest absolute Gasteiger partial charge is 0.480 e. The highest BCUT2D eigenvalue weighted by Gasteiger charge is 2.42. The first kappa shape index (κ1) is 16.5. The number of aliphatic carboxylic acids is 1. The van der Waals surface area contributed by atoms with Crippen molar-refractivity contribution in [1.82, 2.24) is 5.32 Å². The molecule has 1 aromatic carbocycles. The summed E-state index contributed by atoms with van der Waals surface area (Å²) in [4.78, 5) is 23.7. The van der Waals surface area contributed by atoms with Crippen LogP contribution in [0.2, 0.25) is 0 Å². The number of hydrogen-bond acceptors (Lipinski definition) is 4. The van der Waals surface area contributed by atoms with Crippen LogP contribution in [0.3, 0.4) is 0 Å². The van der Waals surface area contributed by atoms with E-state index < -0.39 is 27.3 Å². The van der Waals surface area contributed by atoms with Crippen LogP contribution in [0.15, 0.2) is 29.2 Å². The second-order valence-electron chi connectivity index (χ2n) is 5.70. The van der Waals surface area contributed by atoms with Gasteiger partial charge in [-0.3, -0.25) is 4.79 Å². The fourth-order valence-corrected chi connectivity index (χ4v) is 3.81. The van der Waals surface area contributed by atoms with Crippen molar-refractivity contribution in [2.75, 3.05) is 6.26 Å². The molecule has 120 valence electrons. The van der Waals surface area contributed by atoms with Crippen molar-refractivity contribution in [3.63, 3.8) is 0 Å². The van der Waals surface area contributed by atoms with Gasteiger partial charge in [0.15, 0.2) is 9.84 Å². The van der Waals surface area contributed by atoms with E-state index in [-0.39, 0.29) is 11.3 Å². The topological polar surface area (TPSA) is 101 Å². The van der Waals surface area contributed by atoms with Crippen LogP contribution in [0.4, 0.5) is 0 Å². The van der Waals surface area contributed by atoms with E-state index >= 15 is 0 Å². The van der Waals surface area contributed by atoms with Gasteiger partial charge in [0.25, 0.3) is 0 Å². The predicted molar refractivity (Wildman–Crippen MR) is 80.2 cm³/mol. The van der Waals surface area contributed by atoms with Gasteiger partial charge in [0.2, 0.25) is 5.91 Å². The van der Waals surface area contributed by atoms with E-state index in [2.05, 4.69) is 5.32 Å². The van der Waals surface area contributed by atoms with Crippen molar-refractivity contribution in [3.05, 3.63) is 29.8 Å². The molecule has 6 nitrogen and oxygen atoms in total. The molecule has 22 heavy (non-hydrogen) atoms. The molecule has 0 unspecified atom stereocenters. The van der Waals surface area contributed by atoms with E-state index in [1.165, 1.54) is 6.07 Å². The van der Waals surface area contributed by atoms with Crippen LogP contribution in [0, 0.1) is 0 Å². The Morgan fingerprint density at radius 1 is 1.23 bits per heavy atom. The Kier molecular flexibility index (Phi) is 4.55. The molecule has 0 atom stereocenters. The van der Waals surface area contributed by atoms with Crippen LogP contribution in [0.5, 0.6) is 0 Å². The van der Waals surface area contributed by atoms with Crippen molar-refractivity contribution in [2.45, 2.75) is 42.5 Å². The van der Waals surface area contributed by atoms with Crippen LogP contribution < -0.4 is 5.32 Å². The van der Waals surface area contributed by atoms with E-state index in [0.717, 1.165) is 19.1 Å². The minimum atomic E-state index is -3.43. The lowest BCUT2D eigenvalue weighted by molar-refractivity contribution is -0.147. The first-order chi connectivity index (χ1) is 10.2. The summed E-state index contributed by atoms with van der Waals surface area (Å²) in [5.41, 5.74) is -0.835. The zero-order valence-corrected chi connectivity index (χ0v) is 13.1. The normalized spacial score (nSPS) is 17.1. The van der Waals surface area contributed by atoms with Gasteiger partial charge in [0.1, 0.15) is 5.54 Å². The number of carbonyl (C=O) groups excluding carboxylic acids is 1. The molecule has 2 N–H and O–H groups in total. The summed E-state index contributed by atoms with van der Waals surface area (Å²) in [5, 5.41) is 11.9. The number of carbonyl (C=O) groups is 2. The molecule has 0 spiro atoms. The third-order valence-electron chi connectivity index (χ3n) is 3.97. The average molecular weight is 325 g/mol. The maximum Gasteiger partial charge on any atom is 0.329 e. The molecule has 2 rings (SSSR count). The smallest absolute Gasteiger partial charge is 0.329 e. The second-order valence-corrected chi connectivity index (χ2v) is 7.68. The first-order valence-corrected chi connectivity index (χ1v) is 8.96. The molecule has 1 saturated carbocycles. The molecule has 1 aliphatic rings. The first-order valence-electron chi connectivity index (χ1n) is 7.07. The summed E-state index contributed by atoms with van der Waals surface area (Å²) in [6, 6.07) is 6.26. The summed E-state index contributed by atoms with van der Waals surface area (Å²) >= 11 is 0. The van der Waals surface area contributed by atoms with Gasteiger partial charge in [-0.15, -0.1) is 0 Å². The molecule has 0 bridgehead atoms. The van der Waals surface area contributed by atoms with Crippen molar-refractivity contribution < 1.29 is 23.1 Å². The number of nitrogens with one attached hydrogen (secondary N) is 1. The highest BCUT2D eigenvalue weighted by atomic mass is 32.2. The number of carboxylic acid groups (broad SMARTS) is 1. The minimum absolute atomic E-state index is 0.0981. The highest BCUT2D eigenvalue weighted by Crippen LogP contribution is 2.30. The number of hydrogen-bond donors (Lipinski definition) is 2. The van der Waals surface area contributed by atoms with Gasteiger partial charge in [-0.2, -0.15) is 0 Å². The molecule has 0 aromatic heterocycles. The minimum Gasteiger partial charge on any atom is -0.480 e. The van der Waals surface area contributed by atoms with E-state index in [1.807, 2.05) is 0 Å². The number of sulfone groups is 1. The van der Waals surface area contributed by atoms with Gasteiger partial charge < -0.3 is 10.4 Å². The van der Waals surface area contributed by atoms with Gasteiger partial charge in [-0.05, 0) is 24.5 Å². The van der Waals surface area contributed by atoms with E-state index in [9.17, 15) is 23.1 Å². The Labute approximate surface area is 129 Å². The predicted octanol–water partition coefficient (Wildman–Crippen LogP) is 1.15. The van der Waals surface area contributed by atoms with Gasteiger partial charge in [-0.25, -0.2) is 13.2 Å². The van der Waals surface area contributed by atoms with E-state index in [1.54, 1.807) is 18.2 Å². The van der Waals surface area contributed by atoms with Gasteiger partial charge in [0, 0.05) is 6.26 Å². The number of benzene rings is 1. The third-order valence-corrected chi connectivity index (χ3v) is 5.17. The van der Waals surface area contributed by atoms with E-state index in [0.29, 0.717) is 18.4 Å². The van der Waals surface area contributed by atoms with Crippen molar-refractivity contribution in [1.29, 1.82) is 0 Å². The van der Waals surface area contributed by atoms with Crippen LogP contribution in [0.1, 0.15) is 31.2 Å². The van der Waals surface area contributed by atoms with E-state index in [4.69, 9.17) is 0 Å². The quantitative estimate of drug-likeness (QED) is 0.845. The lowest BCUT2D eigenvalue weighted by atomic mass is 9.97. The van der Waals surface area contributed by atoms with Crippen LogP contribution >= 0.6 is 0 Å². The molecule has 0 heterocycles. The lowest BCUT2D eigenvalue weighted by Gasteiger charge is -2.25. The fraction of sp³-hybridized carbons (Fsp3) is 0.467.